The van der Waals surface area contributed by atoms with Crippen molar-refractivity contribution in [2.24, 2.45) is 5.92 Å². The molecule has 228 valence electrons. The van der Waals surface area contributed by atoms with Crippen molar-refractivity contribution in [1.82, 2.24) is 14.8 Å². The molecule has 12 heteroatoms. The number of oxazole rings is 1. The molecule has 2 fully saturated rings. The topological polar surface area (TPSA) is 116 Å². The minimum Gasteiger partial charge on any atom is -0.481 e. The fourth-order valence-electron chi connectivity index (χ4n) is 5.74. The third-order valence-corrected chi connectivity index (χ3v) is 8.18. The first-order chi connectivity index (χ1) is 20.6. The van der Waals surface area contributed by atoms with E-state index in [-0.39, 0.29) is 24.3 Å². The van der Waals surface area contributed by atoms with Crippen LogP contribution in [0.5, 0.6) is 0 Å². The number of aromatic nitrogens is 1. The first-order valence-electron chi connectivity index (χ1n) is 14.4. The average molecular weight is 599 g/mol. The fraction of sp³-hybridized carbons (Fsp3) is 0.419. The van der Waals surface area contributed by atoms with Gasteiger partial charge in [0.1, 0.15) is 0 Å². The van der Waals surface area contributed by atoms with Crippen LogP contribution in [0.1, 0.15) is 66.3 Å². The van der Waals surface area contributed by atoms with Crippen molar-refractivity contribution in [2.75, 3.05) is 31.5 Å². The standard InChI is InChI=1S/C31H33F3N4O5/c32-31(33,34)27-26(36-29(43-27)23-4-2-1-3-5-23)28(41)35-24-9-7-21(8-10-24)22-14-18-38(19-15-22)30(42)37-16-12-20(13-17-37)6-11-25(39)40/h1-5,7-10,20,22H,6,11-19H2,(H,35,41)(H,39,40). The summed E-state index contributed by atoms with van der Waals surface area (Å²) in [6, 6.07) is 15.0. The number of carbonyl (C=O) groups is 3. The van der Waals surface area contributed by atoms with Gasteiger partial charge >= 0.3 is 18.2 Å². The van der Waals surface area contributed by atoms with Crippen molar-refractivity contribution in [3.8, 4) is 11.5 Å². The molecule has 0 spiro atoms. The van der Waals surface area contributed by atoms with Gasteiger partial charge in [0.2, 0.25) is 11.7 Å². The summed E-state index contributed by atoms with van der Waals surface area (Å²) in [5, 5.41) is 11.4. The first-order valence-corrected chi connectivity index (χ1v) is 14.4. The highest BCUT2D eigenvalue weighted by Crippen LogP contribution is 2.36. The Balaban J connectivity index is 1.15. The molecule has 0 saturated carbocycles. The number of hydrogen-bond acceptors (Lipinski definition) is 5. The lowest BCUT2D eigenvalue weighted by Gasteiger charge is -2.38. The number of halogens is 3. The van der Waals surface area contributed by atoms with Crippen LogP contribution >= 0.6 is 0 Å². The zero-order valence-electron chi connectivity index (χ0n) is 23.5. The van der Waals surface area contributed by atoms with E-state index in [0.29, 0.717) is 49.8 Å². The number of hydrogen-bond donors (Lipinski definition) is 2. The summed E-state index contributed by atoms with van der Waals surface area (Å²) in [5.41, 5.74) is 0.831. The van der Waals surface area contributed by atoms with Crippen LogP contribution in [0.15, 0.2) is 59.0 Å². The molecule has 3 heterocycles. The minimum atomic E-state index is -4.90. The smallest absolute Gasteiger partial charge is 0.452 e. The molecule has 5 rings (SSSR count). The van der Waals surface area contributed by atoms with Crippen molar-refractivity contribution in [3.05, 3.63) is 71.6 Å². The van der Waals surface area contributed by atoms with E-state index in [0.717, 1.165) is 31.2 Å². The second-order valence-corrected chi connectivity index (χ2v) is 11.0. The van der Waals surface area contributed by atoms with E-state index in [2.05, 4.69) is 10.3 Å². The monoisotopic (exact) mass is 598 g/mol. The zero-order chi connectivity index (χ0) is 30.6. The lowest BCUT2D eigenvalue weighted by Crippen LogP contribution is -2.49. The highest BCUT2D eigenvalue weighted by Gasteiger charge is 2.42. The molecule has 0 aliphatic carbocycles. The molecule has 0 bridgehead atoms. The molecule has 1 aromatic heterocycles. The molecule has 43 heavy (non-hydrogen) atoms. The van der Waals surface area contributed by atoms with Crippen molar-refractivity contribution in [3.63, 3.8) is 0 Å². The van der Waals surface area contributed by atoms with Gasteiger partial charge in [-0.3, -0.25) is 9.59 Å². The number of nitrogens with zero attached hydrogens (tertiary/aromatic N) is 3. The van der Waals surface area contributed by atoms with Crippen LogP contribution < -0.4 is 5.32 Å². The molecule has 0 unspecified atom stereocenters. The summed E-state index contributed by atoms with van der Waals surface area (Å²) < 4.78 is 45.8. The maximum absolute atomic E-state index is 13.6. The Morgan fingerprint density at radius 2 is 1.51 bits per heavy atom. The van der Waals surface area contributed by atoms with Crippen LogP contribution in [-0.4, -0.2) is 64.0 Å². The van der Waals surface area contributed by atoms with E-state index >= 15 is 0 Å². The third kappa shape index (κ3) is 7.36. The molecule has 2 aliphatic rings. The van der Waals surface area contributed by atoms with Crippen LogP contribution in [-0.2, 0) is 11.0 Å². The first kappa shape index (κ1) is 30.1. The molecule has 9 nitrogen and oxygen atoms in total. The van der Waals surface area contributed by atoms with Crippen LogP contribution in [0.3, 0.4) is 0 Å². The van der Waals surface area contributed by atoms with Crippen LogP contribution in [0.4, 0.5) is 23.7 Å². The Bertz CT molecular complexity index is 1430. The average Bonchev–Trinajstić information content (AvgIpc) is 3.48. The number of carboxylic acids is 1. The maximum Gasteiger partial charge on any atom is 0.452 e. The second-order valence-electron chi connectivity index (χ2n) is 11.0. The number of aliphatic carboxylic acids is 1. The number of piperidine rings is 2. The number of benzene rings is 2. The van der Waals surface area contributed by atoms with Gasteiger partial charge in [-0.05, 0) is 73.8 Å². The predicted octanol–water partition coefficient (Wildman–Crippen LogP) is 6.49. The third-order valence-electron chi connectivity index (χ3n) is 8.18. The number of nitrogens with one attached hydrogen (secondary N) is 1. The molecule has 2 aromatic carbocycles. The van der Waals surface area contributed by atoms with Crippen LogP contribution in [0.25, 0.3) is 11.5 Å². The largest absolute Gasteiger partial charge is 0.481 e. The number of carbonyl (C=O) groups excluding carboxylic acids is 2. The summed E-state index contributed by atoms with van der Waals surface area (Å²) in [5.74, 6) is -3.01. The van der Waals surface area contributed by atoms with E-state index in [1.165, 1.54) is 0 Å². The Morgan fingerprint density at radius 1 is 0.907 bits per heavy atom. The number of rotatable bonds is 7. The molecule has 0 atom stereocenters. The molecule has 2 aliphatic heterocycles. The van der Waals surface area contributed by atoms with Crippen molar-refractivity contribution >= 4 is 23.6 Å². The number of anilines is 1. The van der Waals surface area contributed by atoms with Crippen molar-refractivity contribution in [1.29, 1.82) is 0 Å². The maximum atomic E-state index is 13.6. The molecule has 3 amide bonds. The number of alkyl halides is 3. The lowest BCUT2D eigenvalue weighted by molar-refractivity contribution is -0.153. The van der Waals surface area contributed by atoms with Gasteiger partial charge in [-0.2, -0.15) is 13.2 Å². The quantitative estimate of drug-likeness (QED) is 0.321. The zero-order valence-corrected chi connectivity index (χ0v) is 23.5. The molecule has 2 N–H and O–H groups in total. The fourth-order valence-corrected chi connectivity index (χ4v) is 5.74. The predicted molar refractivity (Wildman–Crippen MR) is 151 cm³/mol. The summed E-state index contributed by atoms with van der Waals surface area (Å²) in [6.07, 6.45) is -0.914. The van der Waals surface area contributed by atoms with Gasteiger partial charge in [0.25, 0.3) is 5.91 Å². The Kier molecular flexibility index (Phi) is 9.02. The number of urea groups is 1. The second kappa shape index (κ2) is 12.9. The Hall–Kier alpha value is -4.35. The van der Waals surface area contributed by atoms with Crippen molar-refractivity contribution in [2.45, 2.75) is 50.6 Å². The summed E-state index contributed by atoms with van der Waals surface area (Å²) >= 11 is 0. The molecule has 3 aromatic rings. The molecule has 2 saturated heterocycles. The van der Waals surface area contributed by atoms with E-state index in [4.69, 9.17) is 9.52 Å². The van der Waals surface area contributed by atoms with E-state index in [1.54, 1.807) is 42.5 Å². The number of carboxylic acid groups (broad SMARTS) is 1. The van der Waals surface area contributed by atoms with Gasteiger partial charge in [0.05, 0.1) is 0 Å². The van der Waals surface area contributed by atoms with Gasteiger partial charge < -0.3 is 24.6 Å². The lowest BCUT2D eigenvalue weighted by atomic mass is 9.89. The van der Waals surface area contributed by atoms with Crippen LogP contribution in [0.2, 0.25) is 0 Å². The van der Waals surface area contributed by atoms with Gasteiger partial charge in [-0.1, -0.05) is 30.3 Å². The summed E-state index contributed by atoms with van der Waals surface area (Å²) in [7, 11) is 0. The highest BCUT2D eigenvalue weighted by atomic mass is 19.4. The SMILES string of the molecule is O=C(O)CCC1CCN(C(=O)N2CCC(c3ccc(NC(=O)c4nc(-c5ccccc5)oc4C(F)(F)F)cc3)CC2)CC1. The molecular weight excluding hydrogens is 565 g/mol. The molecular formula is C31H33F3N4O5. The number of likely N-dealkylation sites (tertiary alicyclic amines) is 2. The summed E-state index contributed by atoms with van der Waals surface area (Å²) in [6.45, 7) is 2.50. The number of amides is 3. The van der Waals surface area contributed by atoms with E-state index in [1.807, 2.05) is 21.9 Å². The Labute approximate surface area is 246 Å². The minimum absolute atomic E-state index is 0.0229. The van der Waals surface area contributed by atoms with Gasteiger partial charge in [0.15, 0.2) is 5.69 Å². The van der Waals surface area contributed by atoms with Crippen molar-refractivity contribution < 1.29 is 37.1 Å². The van der Waals surface area contributed by atoms with E-state index < -0.39 is 29.5 Å². The Morgan fingerprint density at radius 3 is 2.09 bits per heavy atom. The normalized spacial score (nSPS) is 16.7. The van der Waals surface area contributed by atoms with E-state index in [9.17, 15) is 27.6 Å². The summed E-state index contributed by atoms with van der Waals surface area (Å²) in [4.78, 5) is 44.3. The van der Waals surface area contributed by atoms with Gasteiger partial charge in [-0.25, -0.2) is 9.78 Å². The molecule has 0 radical (unpaired) electrons. The van der Waals surface area contributed by atoms with Gasteiger partial charge in [0, 0.05) is 43.9 Å². The van der Waals surface area contributed by atoms with Gasteiger partial charge in [-0.15, -0.1) is 0 Å². The van der Waals surface area contributed by atoms with Crippen LogP contribution in [0, 0.1) is 5.92 Å². The highest BCUT2D eigenvalue weighted by molar-refractivity contribution is 6.04.